The Morgan fingerprint density at radius 1 is 1.03 bits per heavy atom. The third-order valence-corrected chi connectivity index (χ3v) is 4.95. The molecule has 150 valence electrons. The Kier molecular flexibility index (Phi) is 5.71. The summed E-state index contributed by atoms with van der Waals surface area (Å²) in [6.45, 7) is 0.312. The van der Waals surface area contributed by atoms with Gasteiger partial charge in [0, 0.05) is 12.2 Å². The highest BCUT2D eigenvalue weighted by Gasteiger charge is 2.23. The molecule has 0 fully saturated rings. The van der Waals surface area contributed by atoms with Gasteiger partial charge in [0.1, 0.15) is 10.6 Å². The van der Waals surface area contributed by atoms with Crippen molar-refractivity contribution >= 4 is 27.4 Å². The molecule has 0 aromatic heterocycles. The number of carbonyl (C=O) groups is 1. The summed E-state index contributed by atoms with van der Waals surface area (Å²) in [6, 6.07) is 17.9. The van der Waals surface area contributed by atoms with Gasteiger partial charge in [-0.25, -0.2) is 18.4 Å². The van der Waals surface area contributed by atoms with E-state index in [4.69, 9.17) is 15.6 Å². The summed E-state index contributed by atoms with van der Waals surface area (Å²) in [7, 11) is -4.28. The lowest BCUT2D eigenvalue weighted by Gasteiger charge is -2.17. The fourth-order valence-corrected chi connectivity index (χ4v) is 3.32. The molecule has 6 N–H and O–H groups in total. The molecule has 0 spiro atoms. The van der Waals surface area contributed by atoms with Crippen molar-refractivity contribution in [2.45, 2.75) is 11.4 Å². The second-order valence-corrected chi connectivity index (χ2v) is 7.74. The molecule has 0 heterocycles. The molecule has 3 aromatic rings. The number of sulfonamides is 1. The zero-order valence-corrected chi connectivity index (χ0v) is 16.0. The van der Waals surface area contributed by atoms with Crippen LogP contribution in [0.5, 0.6) is 11.5 Å². The largest absolute Gasteiger partial charge is 0.478 e. The molecule has 0 aliphatic heterocycles. The van der Waals surface area contributed by atoms with Gasteiger partial charge in [-0.2, -0.15) is 0 Å². The van der Waals surface area contributed by atoms with Gasteiger partial charge in [-0.1, -0.05) is 30.3 Å². The zero-order chi connectivity index (χ0) is 21.0. The van der Waals surface area contributed by atoms with Gasteiger partial charge in [0.15, 0.2) is 5.75 Å². The Balaban J connectivity index is 2.09. The van der Waals surface area contributed by atoms with Gasteiger partial charge in [0.2, 0.25) is 10.0 Å². The molecule has 8 nitrogen and oxygen atoms in total. The molecular formula is C20H19N3O5S. The summed E-state index contributed by atoms with van der Waals surface area (Å²) in [6.07, 6.45) is 0. The minimum atomic E-state index is -4.28. The highest BCUT2D eigenvalue weighted by atomic mass is 32.2. The Labute approximate surface area is 167 Å². The lowest BCUT2D eigenvalue weighted by molar-refractivity contribution is 0.0696. The first-order chi connectivity index (χ1) is 13.7. The first-order valence-electron chi connectivity index (χ1n) is 8.49. The molecule has 9 heteroatoms. The van der Waals surface area contributed by atoms with Crippen molar-refractivity contribution in [1.82, 2.24) is 0 Å². The van der Waals surface area contributed by atoms with Crippen LogP contribution in [0.1, 0.15) is 15.9 Å². The third kappa shape index (κ3) is 5.03. The summed E-state index contributed by atoms with van der Waals surface area (Å²) in [5.74, 6) is -1.08. The van der Waals surface area contributed by atoms with Crippen LogP contribution in [0.3, 0.4) is 0 Å². The smallest absolute Gasteiger partial charge is 0.335 e. The number of ether oxygens (including phenoxy) is 1. The molecule has 0 aliphatic carbocycles. The molecule has 0 unspecified atom stereocenters. The van der Waals surface area contributed by atoms with Crippen molar-refractivity contribution < 1.29 is 23.1 Å². The number of nitrogens with one attached hydrogen (secondary N) is 1. The predicted molar refractivity (Wildman–Crippen MR) is 109 cm³/mol. The number of nitrogens with two attached hydrogens (primary N) is 2. The highest BCUT2D eigenvalue weighted by Crippen LogP contribution is 2.37. The van der Waals surface area contributed by atoms with E-state index in [9.17, 15) is 18.3 Å². The summed E-state index contributed by atoms with van der Waals surface area (Å²) in [5, 5.41) is 17.7. The van der Waals surface area contributed by atoms with Crippen molar-refractivity contribution in [2.75, 3.05) is 11.1 Å². The summed E-state index contributed by atoms with van der Waals surface area (Å²) in [5.41, 5.74) is 7.01. The molecule has 0 aliphatic rings. The van der Waals surface area contributed by atoms with Crippen LogP contribution >= 0.6 is 0 Å². The topological polar surface area (TPSA) is 145 Å². The van der Waals surface area contributed by atoms with Crippen LogP contribution in [0.25, 0.3) is 0 Å². The van der Waals surface area contributed by atoms with Crippen LogP contribution in [0.15, 0.2) is 71.6 Å². The summed E-state index contributed by atoms with van der Waals surface area (Å²) >= 11 is 0. The number of hydrogen-bond donors (Lipinski definition) is 4. The maximum atomic E-state index is 12.2. The number of rotatable bonds is 7. The van der Waals surface area contributed by atoms with E-state index in [-0.39, 0.29) is 17.0 Å². The molecule has 29 heavy (non-hydrogen) atoms. The summed E-state index contributed by atoms with van der Waals surface area (Å²) in [4.78, 5) is 11.1. The molecule has 0 bridgehead atoms. The van der Waals surface area contributed by atoms with Crippen LogP contribution in [0.2, 0.25) is 0 Å². The fraction of sp³-hybridized carbons (Fsp3) is 0.0500. The van der Waals surface area contributed by atoms with Gasteiger partial charge >= 0.3 is 5.97 Å². The average Bonchev–Trinajstić information content (AvgIpc) is 2.68. The number of carboxylic acid groups (broad SMARTS) is 1. The highest BCUT2D eigenvalue weighted by molar-refractivity contribution is 7.89. The fourth-order valence-electron chi connectivity index (χ4n) is 2.62. The first-order valence-corrected chi connectivity index (χ1v) is 10.0. The van der Waals surface area contributed by atoms with E-state index in [1.54, 1.807) is 24.3 Å². The first kappa shape index (κ1) is 20.2. The van der Waals surface area contributed by atoms with Crippen LogP contribution in [0, 0.1) is 0 Å². The predicted octanol–water partition coefficient (Wildman–Crippen LogP) is 3.02. The van der Waals surface area contributed by atoms with Gasteiger partial charge in [0.05, 0.1) is 11.3 Å². The van der Waals surface area contributed by atoms with Crippen LogP contribution in [-0.2, 0) is 16.6 Å². The number of hydrogen-bond acceptors (Lipinski definition) is 6. The molecule has 0 amide bonds. The monoisotopic (exact) mass is 413 g/mol. The molecule has 3 aromatic carbocycles. The van der Waals surface area contributed by atoms with E-state index in [0.29, 0.717) is 18.0 Å². The second-order valence-electron chi connectivity index (χ2n) is 6.21. The lowest BCUT2D eigenvalue weighted by Crippen LogP contribution is -2.16. The van der Waals surface area contributed by atoms with E-state index >= 15 is 0 Å². The Bertz CT molecular complexity index is 1130. The average molecular weight is 413 g/mol. The lowest BCUT2D eigenvalue weighted by atomic mass is 10.1. The molecule has 0 saturated heterocycles. The van der Waals surface area contributed by atoms with Crippen molar-refractivity contribution in [3.63, 3.8) is 0 Å². The third-order valence-electron chi connectivity index (χ3n) is 4.03. The number of nitrogen functional groups attached to an aromatic ring is 1. The van der Waals surface area contributed by atoms with E-state index in [1.165, 1.54) is 6.07 Å². The van der Waals surface area contributed by atoms with Crippen LogP contribution < -0.4 is 20.9 Å². The number of anilines is 2. The number of primary sulfonamides is 1. The van der Waals surface area contributed by atoms with E-state index in [0.717, 1.165) is 11.6 Å². The van der Waals surface area contributed by atoms with Crippen LogP contribution in [-0.4, -0.2) is 19.5 Å². The number of benzene rings is 3. The van der Waals surface area contributed by atoms with Gasteiger partial charge in [0.25, 0.3) is 0 Å². The van der Waals surface area contributed by atoms with E-state index < -0.39 is 20.9 Å². The molecular weight excluding hydrogens is 394 g/mol. The quantitative estimate of drug-likeness (QED) is 0.436. The molecule has 0 radical (unpaired) electrons. The SMILES string of the molecule is Nc1ccc(Oc2c(NCc3ccccc3)cc(C(=O)O)cc2S(N)(=O)=O)cc1. The maximum Gasteiger partial charge on any atom is 0.335 e. The number of carboxylic acids is 1. The van der Waals surface area contributed by atoms with Gasteiger partial charge in [-0.3, -0.25) is 0 Å². The van der Waals surface area contributed by atoms with Gasteiger partial charge < -0.3 is 20.9 Å². The molecule has 0 atom stereocenters. The van der Waals surface area contributed by atoms with Gasteiger partial charge in [-0.05, 0) is 42.0 Å². The van der Waals surface area contributed by atoms with Crippen LogP contribution in [0.4, 0.5) is 11.4 Å². The zero-order valence-electron chi connectivity index (χ0n) is 15.2. The van der Waals surface area contributed by atoms with Crippen molar-refractivity contribution in [2.24, 2.45) is 5.14 Å². The Morgan fingerprint density at radius 2 is 1.69 bits per heavy atom. The molecule has 3 rings (SSSR count). The van der Waals surface area contributed by atoms with E-state index in [2.05, 4.69) is 5.32 Å². The second kappa shape index (κ2) is 8.21. The van der Waals surface area contributed by atoms with Gasteiger partial charge in [-0.15, -0.1) is 0 Å². The maximum absolute atomic E-state index is 12.2. The minimum absolute atomic E-state index is 0.0989. The molecule has 0 saturated carbocycles. The Morgan fingerprint density at radius 3 is 2.28 bits per heavy atom. The van der Waals surface area contributed by atoms with Crippen molar-refractivity contribution in [1.29, 1.82) is 0 Å². The van der Waals surface area contributed by atoms with Crippen molar-refractivity contribution in [3.05, 3.63) is 77.9 Å². The summed E-state index contributed by atoms with van der Waals surface area (Å²) < 4.78 is 30.1. The standard InChI is InChI=1S/C20H19N3O5S/c21-15-6-8-16(9-7-15)28-19-17(23-12-13-4-2-1-3-5-13)10-14(20(24)25)11-18(19)29(22,26)27/h1-11,23H,12,21H2,(H,24,25)(H2,22,26,27). The number of aromatic carboxylic acids is 1. The van der Waals surface area contributed by atoms with Crippen molar-refractivity contribution in [3.8, 4) is 11.5 Å². The minimum Gasteiger partial charge on any atom is -0.478 e. The Hall–Kier alpha value is -3.56. The van der Waals surface area contributed by atoms with E-state index in [1.807, 2.05) is 30.3 Å². The normalized spacial score (nSPS) is 11.1.